The van der Waals surface area contributed by atoms with Crippen LogP contribution < -0.4 is 5.32 Å². The normalized spacial score (nSPS) is 22.1. The molecule has 1 aromatic rings. The standard InChI is InChI=1S/C13H17ClFN/c1-13(2)6-10(13)8-16-7-9-5-11(15)3-4-12(9)14/h3-5,10,16H,6-8H2,1-2H3. The minimum atomic E-state index is -0.229. The Bertz CT molecular complexity index is 390. The maximum absolute atomic E-state index is 13.0. The SMILES string of the molecule is CC1(C)CC1CNCc1cc(F)ccc1Cl. The van der Waals surface area contributed by atoms with Crippen molar-refractivity contribution < 1.29 is 4.39 Å². The fourth-order valence-electron chi connectivity index (χ4n) is 1.98. The van der Waals surface area contributed by atoms with Crippen LogP contribution in [0.25, 0.3) is 0 Å². The summed E-state index contributed by atoms with van der Waals surface area (Å²) >= 11 is 5.98. The molecule has 88 valence electrons. The third-order valence-electron chi connectivity index (χ3n) is 3.43. The van der Waals surface area contributed by atoms with Crippen molar-refractivity contribution >= 4 is 11.6 Å². The van der Waals surface area contributed by atoms with Crippen LogP contribution in [0.15, 0.2) is 18.2 Å². The van der Waals surface area contributed by atoms with Gasteiger partial charge in [-0.05, 0) is 48.1 Å². The van der Waals surface area contributed by atoms with Crippen LogP contribution in [-0.2, 0) is 6.54 Å². The molecule has 0 aliphatic heterocycles. The van der Waals surface area contributed by atoms with Crippen molar-refractivity contribution in [2.24, 2.45) is 11.3 Å². The first kappa shape index (κ1) is 11.9. The predicted molar refractivity (Wildman–Crippen MR) is 65.0 cm³/mol. The molecule has 1 aliphatic carbocycles. The number of halogens is 2. The number of nitrogens with one attached hydrogen (secondary N) is 1. The Balaban J connectivity index is 1.83. The molecule has 1 atom stereocenters. The molecule has 0 bridgehead atoms. The Morgan fingerprint density at radius 2 is 2.19 bits per heavy atom. The van der Waals surface area contributed by atoms with Crippen LogP contribution in [0.2, 0.25) is 5.02 Å². The van der Waals surface area contributed by atoms with Crippen LogP contribution in [0, 0.1) is 17.2 Å². The lowest BCUT2D eigenvalue weighted by atomic mass is 10.1. The van der Waals surface area contributed by atoms with Gasteiger partial charge in [0.25, 0.3) is 0 Å². The summed E-state index contributed by atoms with van der Waals surface area (Å²) in [6.07, 6.45) is 1.27. The van der Waals surface area contributed by atoms with Crippen molar-refractivity contribution in [1.82, 2.24) is 5.32 Å². The predicted octanol–water partition coefficient (Wildman–Crippen LogP) is 3.61. The highest BCUT2D eigenvalue weighted by Crippen LogP contribution is 2.50. The van der Waals surface area contributed by atoms with Crippen LogP contribution in [0.4, 0.5) is 4.39 Å². The minimum absolute atomic E-state index is 0.229. The van der Waals surface area contributed by atoms with E-state index in [0.717, 1.165) is 18.0 Å². The van der Waals surface area contributed by atoms with Crippen LogP contribution >= 0.6 is 11.6 Å². The number of benzene rings is 1. The molecule has 0 aromatic heterocycles. The Kier molecular flexibility index (Phi) is 3.22. The fraction of sp³-hybridized carbons (Fsp3) is 0.538. The first-order valence-electron chi connectivity index (χ1n) is 5.64. The summed E-state index contributed by atoms with van der Waals surface area (Å²) in [4.78, 5) is 0. The average Bonchev–Trinajstić information content (AvgIpc) is 2.80. The van der Waals surface area contributed by atoms with Gasteiger partial charge in [-0.2, -0.15) is 0 Å². The first-order chi connectivity index (χ1) is 7.49. The number of hydrogen-bond acceptors (Lipinski definition) is 1. The molecule has 2 rings (SSSR count). The molecule has 3 heteroatoms. The van der Waals surface area contributed by atoms with Gasteiger partial charge in [0.1, 0.15) is 5.82 Å². The van der Waals surface area contributed by atoms with E-state index in [1.54, 1.807) is 6.07 Å². The van der Waals surface area contributed by atoms with E-state index in [2.05, 4.69) is 19.2 Å². The zero-order chi connectivity index (χ0) is 11.8. The maximum atomic E-state index is 13.0. The van der Waals surface area contributed by atoms with Crippen molar-refractivity contribution in [3.05, 3.63) is 34.6 Å². The zero-order valence-corrected chi connectivity index (χ0v) is 10.4. The lowest BCUT2D eigenvalue weighted by molar-refractivity contribution is 0.519. The highest BCUT2D eigenvalue weighted by molar-refractivity contribution is 6.31. The lowest BCUT2D eigenvalue weighted by Crippen LogP contribution is -2.18. The van der Waals surface area contributed by atoms with Crippen LogP contribution in [0.3, 0.4) is 0 Å². The summed E-state index contributed by atoms with van der Waals surface area (Å²) in [6.45, 7) is 6.17. The number of hydrogen-bond donors (Lipinski definition) is 1. The molecular weight excluding hydrogens is 225 g/mol. The third-order valence-corrected chi connectivity index (χ3v) is 3.80. The van der Waals surface area contributed by atoms with Crippen molar-refractivity contribution in [2.75, 3.05) is 6.54 Å². The highest BCUT2D eigenvalue weighted by atomic mass is 35.5. The van der Waals surface area contributed by atoms with Gasteiger partial charge < -0.3 is 5.32 Å². The van der Waals surface area contributed by atoms with E-state index >= 15 is 0 Å². The highest BCUT2D eigenvalue weighted by Gasteiger charge is 2.44. The van der Waals surface area contributed by atoms with E-state index in [1.165, 1.54) is 18.6 Å². The Morgan fingerprint density at radius 3 is 2.81 bits per heavy atom. The second-order valence-electron chi connectivity index (χ2n) is 5.26. The summed E-state index contributed by atoms with van der Waals surface area (Å²) in [5, 5.41) is 3.96. The van der Waals surface area contributed by atoms with Crippen molar-refractivity contribution in [3.8, 4) is 0 Å². The number of rotatable bonds is 4. The molecule has 0 saturated heterocycles. The molecule has 1 N–H and O–H groups in total. The van der Waals surface area contributed by atoms with Crippen molar-refractivity contribution in [3.63, 3.8) is 0 Å². The largest absolute Gasteiger partial charge is 0.312 e. The van der Waals surface area contributed by atoms with Crippen molar-refractivity contribution in [2.45, 2.75) is 26.8 Å². The van der Waals surface area contributed by atoms with Gasteiger partial charge in [0.15, 0.2) is 0 Å². The smallest absolute Gasteiger partial charge is 0.123 e. The van der Waals surface area contributed by atoms with Gasteiger partial charge in [-0.3, -0.25) is 0 Å². The van der Waals surface area contributed by atoms with Gasteiger partial charge in [-0.1, -0.05) is 25.4 Å². The second kappa shape index (κ2) is 4.34. The van der Waals surface area contributed by atoms with Crippen molar-refractivity contribution in [1.29, 1.82) is 0 Å². The molecule has 1 aliphatic rings. The molecule has 0 heterocycles. The molecule has 1 fully saturated rings. The summed E-state index contributed by atoms with van der Waals surface area (Å²) in [7, 11) is 0. The summed E-state index contributed by atoms with van der Waals surface area (Å²) in [6, 6.07) is 4.48. The Hall–Kier alpha value is -0.600. The van der Waals surface area contributed by atoms with E-state index < -0.39 is 0 Å². The Labute approximate surface area is 101 Å². The molecule has 16 heavy (non-hydrogen) atoms. The zero-order valence-electron chi connectivity index (χ0n) is 9.69. The van der Waals surface area contributed by atoms with Gasteiger partial charge in [0.2, 0.25) is 0 Å². The lowest BCUT2D eigenvalue weighted by Gasteiger charge is -2.08. The molecule has 1 aromatic carbocycles. The van der Waals surface area contributed by atoms with Gasteiger partial charge in [0, 0.05) is 11.6 Å². The van der Waals surface area contributed by atoms with Gasteiger partial charge >= 0.3 is 0 Å². The molecule has 0 spiro atoms. The Morgan fingerprint density at radius 1 is 1.50 bits per heavy atom. The topological polar surface area (TPSA) is 12.0 Å². The second-order valence-corrected chi connectivity index (χ2v) is 5.66. The average molecular weight is 242 g/mol. The summed E-state index contributed by atoms with van der Waals surface area (Å²) < 4.78 is 13.0. The molecule has 1 unspecified atom stereocenters. The third kappa shape index (κ3) is 2.74. The minimum Gasteiger partial charge on any atom is -0.312 e. The van der Waals surface area contributed by atoms with Gasteiger partial charge in [-0.15, -0.1) is 0 Å². The van der Waals surface area contributed by atoms with E-state index in [-0.39, 0.29) is 5.82 Å². The van der Waals surface area contributed by atoms with Crippen LogP contribution in [0.5, 0.6) is 0 Å². The van der Waals surface area contributed by atoms with Gasteiger partial charge in [-0.25, -0.2) is 4.39 Å². The monoisotopic (exact) mass is 241 g/mol. The molecular formula is C13H17ClFN. The molecule has 0 radical (unpaired) electrons. The van der Waals surface area contributed by atoms with E-state index in [0.29, 0.717) is 17.0 Å². The first-order valence-corrected chi connectivity index (χ1v) is 6.01. The molecule has 0 amide bonds. The van der Waals surface area contributed by atoms with E-state index in [4.69, 9.17) is 11.6 Å². The molecule has 1 saturated carbocycles. The summed E-state index contributed by atoms with van der Waals surface area (Å²) in [5.74, 6) is 0.521. The molecule has 1 nitrogen and oxygen atoms in total. The van der Waals surface area contributed by atoms with E-state index in [9.17, 15) is 4.39 Å². The fourth-order valence-corrected chi connectivity index (χ4v) is 2.17. The van der Waals surface area contributed by atoms with Crippen LogP contribution in [0.1, 0.15) is 25.8 Å². The van der Waals surface area contributed by atoms with E-state index in [1.807, 2.05) is 0 Å². The maximum Gasteiger partial charge on any atom is 0.123 e. The van der Waals surface area contributed by atoms with Gasteiger partial charge in [0.05, 0.1) is 0 Å². The quantitative estimate of drug-likeness (QED) is 0.849. The van der Waals surface area contributed by atoms with Crippen LogP contribution in [-0.4, -0.2) is 6.54 Å². The summed E-state index contributed by atoms with van der Waals surface area (Å²) in [5.41, 5.74) is 1.32.